The van der Waals surface area contributed by atoms with Crippen molar-refractivity contribution < 1.29 is 13.9 Å². The molecule has 142 valence electrons. The van der Waals surface area contributed by atoms with E-state index in [4.69, 9.17) is 16.3 Å². The van der Waals surface area contributed by atoms with Crippen molar-refractivity contribution >= 4 is 30.0 Å². The maximum absolute atomic E-state index is 14.2. The molecule has 25 heavy (non-hydrogen) atoms. The van der Waals surface area contributed by atoms with E-state index in [0.717, 1.165) is 24.8 Å². The monoisotopic (exact) mass is 391 g/mol. The average Bonchev–Trinajstić information content (AvgIpc) is 2.45. The molecule has 0 saturated carbocycles. The highest BCUT2D eigenvalue weighted by Gasteiger charge is 2.29. The number of halogens is 3. The van der Waals surface area contributed by atoms with Crippen molar-refractivity contribution in [3.05, 3.63) is 34.1 Å². The Balaban J connectivity index is 0.00000312. The molecule has 1 aliphatic rings. The van der Waals surface area contributed by atoms with Crippen LogP contribution in [-0.4, -0.2) is 23.7 Å². The molecule has 0 fully saturated rings. The van der Waals surface area contributed by atoms with E-state index < -0.39 is 5.60 Å². The first kappa shape index (κ1) is 22.2. The second kappa shape index (κ2) is 9.20. The molecule has 0 spiro atoms. The Morgan fingerprint density at radius 3 is 2.72 bits per heavy atom. The van der Waals surface area contributed by atoms with E-state index in [1.165, 1.54) is 6.07 Å². The van der Waals surface area contributed by atoms with E-state index in [2.05, 4.69) is 5.32 Å². The summed E-state index contributed by atoms with van der Waals surface area (Å²) < 4.78 is 19.7. The quantitative estimate of drug-likeness (QED) is 0.728. The molecule has 0 radical (unpaired) electrons. The number of rotatable bonds is 5. The number of hydrogen-bond acceptors (Lipinski definition) is 3. The van der Waals surface area contributed by atoms with E-state index in [1.807, 2.05) is 33.8 Å². The van der Waals surface area contributed by atoms with Crippen molar-refractivity contribution in [2.24, 2.45) is 0 Å². The van der Waals surface area contributed by atoms with Gasteiger partial charge in [-0.1, -0.05) is 24.9 Å². The molecule has 0 aromatic heterocycles. The minimum atomic E-state index is -0.507. The van der Waals surface area contributed by atoms with Crippen LogP contribution in [0.5, 0.6) is 0 Å². The van der Waals surface area contributed by atoms with Crippen LogP contribution >= 0.6 is 24.0 Å². The lowest BCUT2D eigenvalue weighted by atomic mass is 9.87. The molecule has 2 rings (SSSR count). The Morgan fingerprint density at radius 2 is 2.12 bits per heavy atom. The summed E-state index contributed by atoms with van der Waals surface area (Å²) in [5.74, 6) is -0.486. The second-order valence-corrected chi connectivity index (χ2v) is 7.94. The van der Waals surface area contributed by atoms with Gasteiger partial charge in [-0.3, -0.25) is 4.79 Å². The number of carbonyl (C=O) groups excluding carboxylic acids is 1. The first-order valence-electron chi connectivity index (χ1n) is 8.65. The van der Waals surface area contributed by atoms with Gasteiger partial charge in [0.25, 0.3) is 0 Å². The average molecular weight is 392 g/mol. The van der Waals surface area contributed by atoms with Crippen LogP contribution in [-0.2, 0) is 22.4 Å². The molecule has 0 bridgehead atoms. The highest BCUT2D eigenvalue weighted by molar-refractivity contribution is 6.30. The normalized spacial score (nSPS) is 18.1. The number of benzene rings is 1. The fraction of sp³-hybridized carbons (Fsp3) is 0.632. The summed E-state index contributed by atoms with van der Waals surface area (Å²) in [4.78, 5) is 12.4. The van der Waals surface area contributed by atoms with E-state index in [1.54, 1.807) is 0 Å². The summed E-state index contributed by atoms with van der Waals surface area (Å²) in [5.41, 5.74) is 1.18. The third-order valence-corrected chi connectivity index (χ3v) is 4.39. The first-order chi connectivity index (χ1) is 11.2. The zero-order valence-electron chi connectivity index (χ0n) is 15.3. The Kier molecular flexibility index (Phi) is 8.17. The minimum absolute atomic E-state index is 0. The molecule has 1 aromatic rings. The summed E-state index contributed by atoms with van der Waals surface area (Å²) in [5, 5.41) is 3.83. The number of fused-ring (bicyclic) bond motifs is 1. The smallest absolute Gasteiger partial charge is 0.323 e. The summed E-state index contributed by atoms with van der Waals surface area (Å²) in [6.07, 6.45) is 3.78. The maximum atomic E-state index is 14.2. The molecule has 6 heteroatoms. The molecule has 1 aliphatic carbocycles. The lowest BCUT2D eigenvalue weighted by Crippen LogP contribution is -2.48. The number of esters is 1. The van der Waals surface area contributed by atoms with Gasteiger partial charge in [0, 0.05) is 11.1 Å². The number of hydrogen-bond donors (Lipinski definition) is 1. The molecule has 1 N–H and O–H groups in total. The van der Waals surface area contributed by atoms with Crippen molar-refractivity contribution in [1.29, 1.82) is 0 Å². The molecule has 1 aromatic carbocycles. The second-order valence-electron chi connectivity index (χ2n) is 7.51. The molecule has 0 amide bonds. The molecule has 0 saturated heterocycles. The van der Waals surface area contributed by atoms with Gasteiger partial charge in [-0.05, 0) is 69.7 Å². The van der Waals surface area contributed by atoms with Crippen LogP contribution in [0.1, 0.15) is 58.1 Å². The van der Waals surface area contributed by atoms with Crippen LogP contribution in [0.15, 0.2) is 12.1 Å². The van der Waals surface area contributed by atoms with Gasteiger partial charge in [-0.2, -0.15) is 0 Å². The van der Waals surface area contributed by atoms with E-state index in [0.29, 0.717) is 23.4 Å². The molecule has 2 atom stereocenters. The predicted octanol–water partition coefficient (Wildman–Crippen LogP) is 4.86. The van der Waals surface area contributed by atoms with Crippen molar-refractivity contribution in [2.75, 3.05) is 0 Å². The summed E-state index contributed by atoms with van der Waals surface area (Å²) in [7, 11) is 0. The fourth-order valence-electron chi connectivity index (χ4n) is 3.14. The van der Waals surface area contributed by atoms with Crippen LogP contribution in [0.4, 0.5) is 4.39 Å². The SMILES string of the molecule is CCC[C@H](N[C@H]1CCc2cc(Cl)cc(F)c2C1)C(=O)OC(C)(C)C.Cl. The van der Waals surface area contributed by atoms with Crippen LogP contribution in [0.2, 0.25) is 5.02 Å². The number of nitrogens with one attached hydrogen (secondary N) is 1. The van der Waals surface area contributed by atoms with Gasteiger partial charge >= 0.3 is 5.97 Å². The molecular formula is C19H28Cl2FNO2. The van der Waals surface area contributed by atoms with Gasteiger partial charge in [0.05, 0.1) is 0 Å². The summed E-state index contributed by atoms with van der Waals surface area (Å²) in [6, 6.07) is 2.92. The largest absolute Gasteiger partial charge is 0.459 e. The van der Waals surface area contributed by atoms with Gasteiger partial charge < -0.3 is 10.1 Å². The van der Waals surface area contributed by atoms with E-state index in [-0.39, 0.29) is 36.3 Å². The van der Waals surface area contributed by atoms with Crippen molar-refractivity contribution in [3.8, 4) is 0 Å². The van der Waals surface area contributed by atoms with Gasteiger partial charge in [0.15, 0.2) is 0 Å². The summed E-state index contributed by atoms with van der Waals surface area (Å²) >= 11 is 5.93. The van der Waals surface area contributed by atoms with Crippen molar-refractivity contribution in [3.63, 3.8) is 0 Å². The molecule has 0 unspecified atom stereocenters. The Morgan fingerprint density at radius 1 is 1.44 bits per heavy atom. The Labute approximate surface area is 161 Å². The number of ether oxygens (including phenoxy) is 1. The molecule has 3 nitrogen and oxygen atoms in total. The third kappa shape index (κ3) is 6.43. The zero-order valence-corrected chi connectivity index (χ0v) is 16.9. The van der Waals surface area contributed by atoms with Crippen LogP contribution in [0, 0.1) is 5.82 Å². The van der Waals surface area contributed by atoms with E-state index >= 15 is 0 Å². The maximum Gasteiger partial charge on any atom is 0.323 e. The lowest BCUT2D eigenvalue weighted by Gasteiger charge is -2.31. The lowest BCUT2D eigenvalue weighted by molar-refractivity contribution is -0.158. The fourth-order valence-corrected chi connectivity index (χ4v) is 3.37. The zero-order chi connectivity index (χ0) is 17.9. The molecule has 0 aliphatic heterocycles. The Bertz CT molecular complexity index is 602. The van der Waals surface area contributed by atoms with Crippen molar-refractivity contribution in [1.82, 2.24) is 5.32 Å². The van der Waals surface area contributed by atoms with Crippen LogP contribution in [0.25, 0.3) is 0 Å². The van der Waals surface area contributed by atoms with Gasteiger partial charge in [-0.15, -0.1) is 12.4 Å². The van der Waals surface area contributed by atoms with Crippen molar-refractivity contribution in [2.45, 2.75) is 77.5 Å². The van der Waals surface area contributed by atoms with Gasteiger partial charge in [-0.25, -0.2) is 4.39 Å². The highest BCUT2D eigenvalue weighted by atomic mass is 35.5. The molecule has 0 heterocycles. The van der Waals surface area contributed by atoms with Crippen LogP contribution in [0.3, 0.4) is 0 Å². The predicted molar refractivity (Wildman–Crippen MR) is 102 cm³/mol. The third-order valence-electron chi connectivity index (χ3n) is 4.17. The standard InChI is InChI=1S/C19H27ClFNO2.ClH/c1-5-6-17(18(23)24-19(2,3)4)22-14-8-7-12-9-13(20)10-16(21)15(12)11-14;/h9-10,14,17,22H,5-8,11H2,1-4H3;1H/t14-,17-;/m0./s1. The summed E-state index contributed by atoms with van der Waals surface area (Å²) in [6.45, 7) is 7.63. The van der Waals surface area contributed by atoms with Crippen LogP contribution < -0.4 is 5.32 Å². The topological polar surface area (TPSA) is 38.3 Å². The Hall–Kier alpha value is -0.840. The highest BCUT2D eigenvalue weighted by Crippen LogP contribution is 2.28. The number of aryl methyl sites for hydroxylation is 1. The number of carbonyl (C=O) groups is 1. The van der Waals surface area contributed by atoms with Gasteiger partial charge in [0.2, 0.25) is 0 Å². The van der Waals surface area contributed by atoms with Gasteiger partial charge in [0.1, 0.15) is 17.5 Å². The van der Waals surface area contributed by atoms with E-state index in [9.17, 15) is 9.18 Å². The molecular weight excluding hydrogens is 364 g/mol. The minimum Gasteiger partial charge on any atom is -0.459 e. The first-order valence-corrected chi connectivity index (χ1v) is 9.03.